The van der Waals surface area contributed by atoms with Gasteiger partial charge in [-0.1, -0.05) is 36.4 Å². The SMILES string of the molecule is CCN(Cc1ccccc1)C(=O)c1cc2c(=O)n3cc(C)ccc3nc2n1C. The van der Waals surface area contributed by atoms with Gasteiger partial charge in [-0.2, -0.15) is 0 Å². The molecule has 0 aliphatic carbocycles. The topological polar surface area (TPSA) is 59.6 Å². The Bertz CT molecular complexity index is 1240. The first-order chi connectivity index (χ1) is 13.5. The third kappa shape index (κ3) is 2.97. The Morgan fingerprint density at radius 2 is 1.89 bits per heavy atom. The van der Waals surface area contributed by atoms with E-state index >= 15 is 0 Å². The van der Waals surface area contributed by atoms with Gasteiger partial charge in [-0.15, -0.1) is 0 Å². The van der Waals surface area contributed by atoms with Gasteiger partial charge in [-0.05, 0) is 37.1 Å². The van der Waals surface area contributed by atoms with Crippen LogP contribution in [0, 0.1) is 6.92 Å². The third-order valence-electron chi connectivity index (χ3n) is 5.05. The van der Waals surface area contributed by atoms with Crippen molar-refractivity contribution in [2.24, 2.45) is 7.05 Å². The van der Waals surface area contributed by atoms with E-state index in [1.807, 2.05) is 56.3 Å². The molecule has 0 aliphatic heterocycles. The minimum absolute atomic E-state index is 0.114. The number of carbonyl (C=O) groups excluding carboxylic acids is 1. The Balaban J connectivity index is 1.80. The molecule has 3 heterocycles. The van der Waals surface area contributed by atoms with E-state index in [0.717, 1.165) is 11.1 Å². The molecular formula is C22H22N4O2. The molecule has 0 spiro atoms. The van der Waals surface area contributed by atoms with Gasteiger partial charge in [0.2, 0.25) is 0 Å². The number of carbonyl (C=O) groups is 1. The molecule has 1 aromatic carbocycles. The normalized spacial score (nSPS) is 11.2. The van der Waals surface area contributed by atoms with Crippen molar-refractivity contribution in [1.29, 1.82) is 0 Å². The van der Waals surface area contributed by atoms with Gasteiger partial charge in [0, 0.05) is 26.3 Å². The maximum atomic E-state index is 13.2. The maximum Gasteiger partial charge on any atom is 0.270 e. The standard InChI is InChI=1S/C22H22N4O2/c1-4-25(14-16-8-6-5-7-9-16)22(28)18-12-17-20(24(18)3)23-19-11-10-15(2)13-26(19)21(17)27/h5-13H,4,14H2,1-3H3. The van der Waals surface area contributed by atoms with Gasteiger partial charge in [0.15, 0.2) is 0 Å². The van der Waals surface area contributed by atoms with E-state index in [4.69, 9.17) is 0 Å². The number of pyridine rings is 1. The first-order valence-corrected chi connectivity index (χ1v) is 9.31. The molecule has 0 fully saturated rings. The van der Waals surface area contributed by atoms with Crippen molar-refractivity contribution in [3.63, 3.8) is 0 Å². The number of nitrogens with zero attached hydrogens (tertiary/aromatic N) is 4. The highest BCUT2D eigenvalue weighted by Gasteiger charge is 2.21. The lowest BCUT2D eigenvalue weighted by atomic mass is 10.2. The van der Waals surface area contributed by atoms with Gasteiger partial charge in [0.1, 0.15) is 17.0 Å². The maximum absolute atomic E-state index is 13.2. The van der Waals surface area contributed by atoms with E-state index in [-0.39, 0.29) is 11.5 Å². The van der Waals surface area contributed by atoms with Crippen molar-refractivity contribution in [3.05, 3.63) is 81.9 Å². The molecule has 0 saturated carbocycles. The van der Waals surface area contributed by atoms with E-state index in [1.54, 1.807) is 28.8 Å². The third-order valence-corrected chi connectivity index (χ3v) is 5.05. The van der Waals surface area contributed by atoms with Crippen molar-refractivity contribution in [2.75, 3.05) is 6.54 Å². The number of aryl methyl sites for hydroxylation is 2. The summed E-state index contributed by atoms with van der Waals surface area (Å²) >= 11 is 0. The monoisotopic (exact) mass is 374 g/mol. The van der Waals surface area contributed by atoms with Crippen LogP contribution >= 0.6 is 0 Å². The average Bonchev–Trinajstić information content (AvgIpc) is 3.04. The van der Waals surface area contributed by atoms with Crippen molar-refractivity contribution >= 4 is 22.6 Å². The smallest absolute Gasteiger partial charge is 0.270 e. The predicted octanol–water partition coefficient (Wildman–Crippen LogP) is 3.16. The summed E-state index contributed by atoms with van der Waals surface area (Å²) in [7, 11) is 1.78. The fourth-order valence-electron chi connectivity index (χ4n) is 3.47. The minimum atomic E-state index is -0.163. The summed E-state index contributed by atoms with van der Waals surface area (Å²) in [6, 6.07) is 15.3. The van der Waals surface area contributed by atoms with Crippen molar-refractivity contribution in [1.82, 2.24) is 18.9 Å². The van der Waals surface area contributed by atoms with Crippen LogP contribution in [0.2, 0.25) is 0 Å². The number of hydrogen-bond donors (Lipinski definition) is 0. The molecule has 28 heavy (non-hydrogen) atoms. The van der Waals surface area contributed by atoms with Crippen LogP contribution < -0.4 is 5.56 Å². The Morgan fingerprint density at radius 1 is 1.14 bits per heavy atom. The van der Waals surface area contributed by atoms with Crippen LogP contribution in [-0.2, 0) is 13.6 Å². The van der Waals surface area contributed by atoms with Gasteiger partial charge in [-0.3, -0.25) is 14.0 Å². The number of benzene rings is 1. The summed E-state index contributed by atoms with van der Waals surface area (Å²) < 4.78 is 3.25. The number of hydrogen-bond acceptors (Lipinski definition) is 3. The molecule has 4 aromatic rings. The molecule has 0 unspecified atom stereocenters. The van der Waals surface area contributed by atoms with E-state index < -0.39 is 0 Å². The molecule has 6 nitrogen and oxygen atoms in total. The first-order valence-electron chi connectivity index (χ1n) is 9.31. The lowest BCUT2D eigenvalue weighted by Crippen LogP contribution is -2.31. The van der Waals surface area contributed by atoms with Crippen molar-refractivity contribution < 1.29 is 4.79 Å². The molecule has 1 amide bonds. The van der Waals surface area contributed by atoms with Crippen LogP contribution in [0.3, 0.4) is 0 Å². The fraction of sp³-hybridized carbons (Fsp3) is 0.227. The van der Waals surface area contributed by atoms with Gasteiger partial charge < -0.3 is 9.47 Å². The van der Waals surface area contributed by atoms with E-state index in [1.165, 1.54) is 4.40 Å². The minimum Gasteiger partial charge on any atom is -0.333 e. The van der Waals surface area contributed by atoms with Gasteiger partial charge >= 0.3 is 0 Å². The lowest BCUT2D eigenvalue weighted by Gasteiger charge is -2.21. The van der Waals surface area contributed by atoms with E-state index in [2.05, 4.69) is 4.98 Å². The second kappa shape index (κ2) is 6.96. The van der Waals surface area contributed by atoms with Crippen LogP contribution in [0.25, 0.3) is 16.7 Å². The molecule has 0 N–H and O–H groups in total. The number of amides is 1. The van der Waals surface area contributed by atoms with Crippen LogP contribution in [0.1, 0.15) is 28.5 Å². The molecule has 0 aliphatic rings. The molecule has 0 atom stereocenters. The Morgan fingerprint density at radius 3 is 2.61 bits per heavy atom. The predicted molar refractivity (Wildman–Crippen MR) is 110 cm³/mol. The average molecular weight is 374 g/mol. The summed E-state index contributed by atoms with van der Waals surface area (Å²) in [4.78, 5) is 32.5. The second-order valence-electron chi connectivity index (χ2n) is 6.98. The molecule has 3 aromatic heterocycles. The van der Waals surface area contributed by atoms with E-state index in [0.29, 0.717) is 35.5 Å². The largest absolute Gasteiger partial charge is 0.333 e. The van der Waals surface area contributed by atoms with Crippen molar-refractivity contribution in [3.8, 4) is 0 Å². The zero-order valence-corrected chi connectivity index (χ0v) is 16.2. The first kappa shape index (κ1) is 18.0. The van der Waals surface area contributed by atoms with Crippen LogP contribution in [0.4, 0.5) is 0 Å². The summed E-state index contributed by atoms with van der Waals surface area (Å²) in [5.74, 6) is -0.114. The summed E-state index contributed by atoms with van der Waals surface area (Å²) in [5, 5.41) is 0.449. The van der Waals surface area contributed by atoms with Crippen molar-refractivity contribution in [2.45, 2.75) is 20.4 Å². The quantitative estimate of drug-likeness (QED) is 0.551. The van der Waals surface area contributed by atoms with Gasteiger partial charge in [0.05, 0.1) is 5.39 Å². The fourth-order valence-corrected chi connectivity index (χ4v) is 3.47. The highest BCUT2D eigenvalue weighted by Crippen LogP contribution is 2.18. The highest BCUT2D eigenvalue weighted by molar-refractivity contribution is 5.98. The Labute approximate surface area is 162 Å². The zero-order chi connectivity index (χ0) is 19.8. The molecule has 6 heteroatoms. The second-order valence-corrected chi connectivity index (χ2v) is 6.98. The molecule has 4 rings (SSSR count). The van der Waals surface area contributed by atoms with Crippen LogP contribution in [-0.4, -0.2) is 31.3 Å². The molecule has 0 radical (unpaired) electrons. The van der Waals surface area contributed by atoms with Crippen LogP contribution in [0.5, 0.6) is 0 Å². The molecule has 0 bridgehead atoms. The number of aromatic nitrogens is 3. The van der Waals surface area contributed by atoms with Gasteiger partial charge in [-0.25, -0.2) is 4.98 Å². The molecular weight excluding hydrogens is 352 g/mol. The van der Waals surface area contributed by atoms with E-state index in [9.17, 15) is 9.59 Å². The highest BCUT2D eigenvalue weighted by atomic mass is 16.2. The number of rotatable bonds is 4. The molecule has 142 valence electrons. The van der Waals surface area contributed by atoms with Crippen LogP contribution in [0.15, 0.2) is 59.5 Å². The Hall–Kier alpha value is -3.41. The lowest BCUT2D eigenvalue weighted by molar-refractivity contribution is 0.0743. The summed E-state index contributed by atoms with van der Waals surface area (Å²) in [5.41, 5.74) is 3.43. The Kier molecular flexibility index (Phi) is 4.47. The number of fused-ring (bicyclic) bond motifs is 2. The van der Waals surface area contributed by atoms with Gasteiger partial charge in [0.25, 0.3) is 11.5 Å². The summed E-state index contributed by atoms with van der Waals surface area (Å²) in [6.45, 7) is 4.97. The zero-order valence-electron chi connectivity index (χ0n) is 16.2. The summed E-state index contributed by atoms with van der Waals surface area (Å²) in [6.07, 6.45) is 1.77. The molecule has 0 saturated heterocycles.